The quantitative estimate of drug-likeness (QED) is 0.504. The Balaban J connectivity index is 2.39. The fourth-order valence-electron chi connectivity index (χ4n) is 1.91. The van der Waals surface area contributed by atoms with Crippen molar-refractivity contribution in [3.63, 3.8) is 0 Å². The van der Waals surface area contributed by atoms with E-state index in [0.29, 0.717) is 11.1 Å². The van der Waals surface area contributed by atoms with Crippen LogP contribution >= 0.6 is 0 Å². The molecule has 2 aromatic carbocycles. The Labute approximate surface area is 131 Å². The van der Waals surface area contributed by atoms with Gasteiger partial charge in [0.1, 0.15) is 0 Å². The molecule has 8 nitrogen and oxygen atoms in total. The van der Waals surface area contributed by atoms with Gasteiger partial charge < -0.3 is 29.7 Å². The zero-order valence-electron chi connectivity index (χ0n) is 11.0. The van der Waals surface area contributed by atoms with Crippen LogP contribution in [-0.4, -0.2) is 12.5 Å². The van der Waals surface area contributed by atoms with E-state index >= 15 is 0 Å². The predicted octanol–water partition coefficient (Wildman–Crippen LogP) is -2.93. The average Bonchev–Trinajstić information content (AvgIpc) is 2.46. The van der Waals surface area contributed by atoms with E-state index in [1.54, 1.807) is 24.3 Å². The van der Waals surface area contributed by atoms with Gasteiger partial charge in [-0.1, -0.05) is 36.4 Å². The summed E-state index contributed by atoms with van der Waals surface area (Å²) in [6.07, 6.45) is 0. The lowest BCUT2D eigenvalue weighted by atomic mass is 10.1. The molecule has 0 heterocycles. The summed E-state index contributed by atoms with van der Waals surface area (Å²) >= 11 is 0. The highest BCUT2D eigenvalue weighted by atomic mass is 35.6. The molecule has 0 aliphatic carbocycles. The third kappa shape index (κ3) is 4.17. The topological polar surface area (TPSA) is 149 Å². The highest BCUT2D eigenvalue weighted by Gasteiger charge is 2.53. The minimum atomic E-state index is -2.70. The lowest BCUT2D eigenvalue weighted by molar-refractivity contribution is -1.65. The molecule has 0 fully saturated rings. The SMILES string of the molecule is NCC(Nc1cccc2ccccc12)(O[Cl+2]([O-])[O-])O[Cl+2]([O-])[O-]. The molecule has 0 saturated heterocycles. The molecule has 22 heavy (non-hydrogen) atoms. The van der Waals surface area contributed by atoms with Crippen molar-refractivity contribution < 1.29 is 48.8 Å². The number of rotatable bonds is 7. The van der Waals surface area contributed by atoms with Crippen LogP contribution in [0.2, 0.25) is 0 Å². The number of benzene rings is 2. The van der Waals surface area contributed by atoms with Gasteiger partial charge in [-0.05, 0) is 11.5 Å². The van der Waals surface area contributed by atoms with E-state index < -0.39 is 34.0 Å². The van der Waals surface area contributed by atoms with Gasteiger partial charge in [-0.2, -0.15) is 0 Å². The molecule has 2 rings (SSSR count). The highest BCUT2D eigenvalue weighted by Crippen LogP contribution is 2.27. The largest absolute Gasteiger partial charge is 0.471 e. The van der Waals surface area contributed by atoms with Crippen molar-refractivity contribution >= 4 is 16.5 Å². The molecule has 0 bridgehead atoms. The van der Waals surface area contributed by atoms with Crippen molar-refractivity contribution in [2.75, 3.05) is 11.9 Å². The molecule has 0 unspecified atom stereocenters. The fraction of sp³-hybridized carbons (Fsp3) is 0.167. The van der Waals surface area contributed by atoms with Gasteiger partial charge in [0.05, 0.1) is 15.1 Å². The van der Waals surface area contributed by atoms with Crippen molar-refractivity contribution in [1.82, 2.24) is 0 Å². The van der Waals surface area contributed by atoms with Gasteiger partial charge in [0, 0.05) is 11.1 Å². The number of nitrogens with two attached hydrogens (primary N) is 1. The molecule has 0 aliphatic rings. The van der Waals surface area contributed by atoms with Crippen molar-refractivity contribution in [3.8, 4) is 0 Å². The Morgan fingerprint density at radius 3 is 2.14 bits per heavy atom. The summed E-state index contributed by atoms with van der Waals surface area (Å²) in [5.74, 6) is -2.29. The summed E-state index contributed by atoms with van der Waals surface area (Å²) in [6, 6.07) is 12.3. The minimum absolute atomic E-state index is 0.390. The minimum Gasteiger partial charge on any atom is -0.323 e. The molecule has 0 spiro atoms. The highest BCUT2D eigenvalue weighted by molar-refractivity contribution is 5.93. The summed E-state index contributed by atoms with van der Waals surface area (Å²) in [7, 11) is -5.40. The Bertz CT molecular complexity index is 612. The summed E-state index contributed by atoms with van der Waals surface area (Å²) in [6.45, 7) is -0.590. The van der Waals surface area contributed by atoms with Crippen LogP contribution in [-0.2, 0) is 8.58 Å². The number of halogens is 2. The molecular weight excluding hydrogens is 339 g/mol. The molecule has 10 heteroatoms. The first-order chi connectivity index (χ1) is 10.5. The summed E-state index contributed by atoms with van der Waals surface area (Å²) < 4.78 is 52.0. The second kappa shape index (κ2) is 7.38. The molecule has 0 atom stereocenters. The smallest absolute Gasteiger partial charge is 0.323 e. The van der Waals surface area contributed by atoms with E-state index in [2.05, 4.69) is 13.9 Å². The number of fused-ring (bicyclic) bond motifs is 1. The van der Waals surface area contributed by atoms with E-state index in [1.807, 2.05) is 18.2 Å². The van der Waals surface area contributed by atoms with E-state index in [-0.39, 0.29) is 0 Å². The van der Waals surface area contributed by atoms with Gasteiger partial charge in [-0.15, -0.1) is 0 Å². The Kier molecular flexibility index (Phi) is 5.75. The second-order valence-electron chi connectivity index (χ2n) is 4.14. The zero-order chi connectivity index (χ0) is 16.2. The number of hydrogen-bond acceptors (Lipinski definition) is 8. The average molecular weight is 351 g/mol. The molecule has 0 aromatic heterocycles. The van der Waals surface area contributed by atoms with E-state index in [9.17, 15) is 18.6 Å². The fourth-order valence-corrected chi connectivity index (χ4v) is 2.61. The standard InChI is InChI=1S/C12H12Cl2N2O6/c15-8-12(21-13(17)18,22-14(19)20)16-11-7-3-5-9-4-1-2-6-10(9)11/h1-7,16H,8,15H2. The summed E-state index contributed by atoms with van der Waals surface area (Å²) in [4.78, 5) is 0. The van der Waals surface area contributed by atoms with Crippen LogP contribution in [0.5, 0.6) is 0 Å². The van der Waals surface area contributed by atoms with Crippen LogP contribution < -0.4 is 29.7 Å². The van der Waals surface area contributed by atoms with Gasteiger partial charge in [0.15, 0.2) is 0 Å². The normalized spacial score (nSPS) is 12.3. The molecule has 0 aliphatic heterocycles. The second-order valence-corrected chi connectivity index (χ2v) is 5.21. The molecule has 0 amide bonds. The molecule has 3 N–H and O–H groups in total. The number of anilines is 1. The van der Waals surface area contributed by atoms with Crippen LogP contribution in [0.15, 0.2) is 42.5 Å². The molecule has 0 radical (unpaired) electrons. The van der Waals surface area contributed by atoms with E-state index in [4.69, 9.17) is 5.73 Å². The third-order valence-electron chi connectivity index (χ3n) is 2.76. The van der Waals surface area contributed by atoms with Crippen LogP contribution in [0, 0.1) is 21.6 Å². The lowest BCUT2D eigenvalue weighted by Gasteiger charge is -2.21. The van der Waals surface area contributed by atoms with Crippen LogP contribution in [0.1, 0.15) is 0 Å². The van der Waals surface area contributed by atoms with Gasteiger partial charge in [0.25, 0.3) is 21.6 Å². The Morgan fingerprint density at radius 1 is 0.955 bits per heavy atom. The first kappa shape index (κ1) is 17.2. The predicted molar refractivity (Wildman–Crippen MR) is 61.5 cm³/mol. The van der Waals surface area contributed by atoms with E-state index in [0.717, 1.165) is 5.39 Å². The summed E-state index contributed by atoms with van der Waals surface area (Å²) in [5.41, 5.74) is 5.82. The number of nitrogens with one attached hydrogen (secondary N) is 1. The van der Waals surface area contributed by atoms with Crippen molar-refractivity contribution in [2.45, 2.75) is 5.91 Å². The van der Waals surface area contributed by atoms with Crippen LogP contribution in [0.25, 0.3) is 10.8 Å². The van der Waals surface area contributed by atoms with Gasteiger partial charge in [-0.25, -0.2) is 0 Å². The molecule has 120 valence electrons. The van der Waals surface area contributed by atoms with Crippen LogP contribution in [0.4, 0.5) is 5.69 Å². The third-order valence-corrected chi connectivity index (χ3v) is 3.51. The first-order valence-corrected chi connectivity index (χ1v) is 7.77. The lowest BCUT2D eigenvalue weighted by Crippen LogP contribution is -2.59. The number of hydrogen-bond donors (Lipinski definition) is 2. The molecule has 0 saturated carbocycles. The van der Waals surface area contributed by atoms with Gasteiger partial charge in [0.2, 0.25) is 0 Å². The Hall–Kier alpha value is -1.20. The van der Waals surface area contributed by atoms with Gasteiger partial charge >= 0.3 is 5.91 Å². The van der Waals surface area contributed by atoms with Gasteiger partial charge in [-0.3, -0.25) is 0 Å². The maximum absolute atomic E-state index is 10.8. The molecular formula is C12H12Cl2N2O6. The van der Waals surface area contributed by atoms with Crippen molar-refractivity contribution in [1.29, 1.82) is 0 Å². The first-order valence-electron chi connectivity index (χ1n) is 5.92. The maximum Gasteiger partial charge on any atom is 0.471 e. The monoisotopic (exact) mass is 350 g/mol. The summed E-state index contributed by atoms with van der Waals surface area (Å²) in [5, 5.41) is 4.12. The van der Waals surface area contributed by atoms with Crippen molar-refractivity contribution in [3.05, 3.63) is 42.5 Å². The zero-order valence-corrected chi connectivity index (χ0v) is 12.5. The van der Waals surface area contributed by atoms with E-state index in [1.165, 1.54) is 0 Å². The van der Waals surface area contributed by atoms with Crippen LogP contribution in [0.3, 0.4) is 0 Å². The molecule has 2 aromatic rings. The van der Waals surface area contributed by atoms with Crippen molar-refractivity contribution in [2.24, 2.45) is 5.73 Å². The Morgan fingerprint density at radius 2 is 1.55 bits per heavy atom. The maximum atomic E-state index is 10.8.